The van der Waals surface area contributed by atoms with Gasteiger partial charge in [0.05, 0.1) is 10.9 Å². The number of aryl methyl sites for hydroxylation is 2. The maximum absolute atomic E-state index is 12.0. The van der Waals surface area contributed by atoms with Gasteiger partial charge in [0, 0.05) is 17.8 Å². The van der Waals surface area contributed by atoms with Gasteiger partial charge < -0.3 is 10.3 Å². The molecule has 2 rings (SSSR count). The molecule has 106 valence electrons. The average Bonchev–Trinajstić information content (AvgIpc) is 2.73. The number of hydrogen-bond donors (Lipinski definition) is 2. The fourth-order valence-corrected chi connectivity index (χ4v) is 2.31. The molecule has 0 unspecified atom stereocenters. The summed E-state index contributed by atoms with van der Waals surface area (Å²) < 4.78 is 4.93. The molecule has 1 amide bonds. The number of nitrogens with one attached hydrogen (secondary N) is 1. The minimum Gasteiger partial charge on any atom is -0.384 e. The predicted molar refractivity (Wildman–Crippen MR) is 76.4 cm³/mol. The highest BCUT2D eigenvalue weighted by atomic mass is 32.2. The average molecular weight is 293 g/mol. The highest BCUT2D eigenvalue weighted by Gasteiger charge is 2.18. The monoisotopic (exact) mass is 293 g/mol. The number of thioether (sulfide) groups is 1. The largest absolute Gasteiger partial charge is 0.384 e. The van der Waals surface area contributed by atoms with Gasteiger partial charge in [0.15, 0.2) is 5.16 Å². The van der Waals surface area contributed by atoms with E-state index in [0.29, 0.717) is 22.6 Å². The lowest BCUT2D eigenvalue weighted by molar-refractivity contribution is -0.115. The summed E-state index contributed by atoms with van der Waals surface area (Å²) >= 11 is 1.23. The first kappa shape index (κ1) is 14.3. The molecule has 0 radical (unpaired) electrons. The molecule has 0 aromatic carbocycles. The van der Waals surface area contributed by atoms with Crippen LogP contribution in [-0.4, -0.2) is 26.3 Å². The van der Waals surface area contributed by atoms with Gasteiger partial charge in [-0.05, 0) is 20.8 Å². The first-order valence-electron chi connectivity index (χ1n) is 5.96. The summed E-state index contributed by atoms with van der Waals surface area (Å²) in [7, 11) is 0. The van der Waals surface area contributed by atoms with Gasteiger partial charge in [-0.25, -0.2) is 9.97 Å². The molecule has 0 saturated heterocycles. The van der Waals surface area contributed by atoms with E-state index in [1.54, 1.807) is 26.0 Å². The summed E-state index contributed by atoms with van der Waals surface area (Å²) in [6.07, 6.45) is 0. The summed E-state index contributed by atoms with van der Waals surface area (Å²) in [5, 5.41) is 6.42. The molecule has 20 heavy (non-hydrogen) atoms. The summed E-state index contributed by atoms with van der Waals surface area (Å²) in [5.74, 6) is 0.498. The lowest BCUT2D eigenvalue weighted by Gasteiger charge is -2.09. The molecule has 8 heteroatoms. The number of nitrogen functional groups attached to an aromatic ring is 1. The molecule has 2 heterocycles. The molecule has 1 atom stereocenters. The summed E-state index contributed by atoms with van der Waals surface area (Å²) in [5.41, 5.74) is 7.12. The number of nitrogens with zero attached hydrogens (tertiary/aromatic N) is 3. The van der Waals surface area contributed by atoms with Crippen LogP contribution < -0.4 is 11.1 Å². The summed E-state index contributed by atoms with van der Waals surface area (Å²) in [6, 6.07) is 3.32. The Morgan fingerprint density at radius 3 is 2.70 bits per heavy atom. The number of aromatic nitrogens is 3. The molecule has 2 aromatic rings. The normalized spacial score (nSPS) is 12.2. The van der Waals surface area contributed by atoms with Crippen LogP contribution in [0.5, 0.6) is 0 Å². The highest BCUT2D eigenvalue weighted by molar-refractivity contribution is 8.00. The van der Waals surface area contributed by atoms with E-state index in [2.05, 4.69) is 20.4 Å². The van der Waals surface area contributed by atoms with E-state index < -0.39 is 0 Å². The van der Waals surface area contributed by atoms with Gasteiger partial charge in [0.25, 0.3) is 0 Å². The Bertz CT molecular complexity index is 608. The Morgan fingerprint density at radius 1 is 1.35 bits per heavy atom. The maximum atomic E-state index is 12.0. The molecule has 0 fully saturated rings. The third-order valence-corrected chi connectivity index (χ3v) is 3.34. The zero-order valence-electron chi connectivity index (χ0n) is 11.4. The zero-order chi connectivity index (χ0) is 14.7. The van der Waals surface area contributed by atoms with Crippen molar-refractivity contribution >= 4 is 29.4 Å². The van der Waals surface area contributed by atoms with E-state index in [1.807, 2.05) is 6.92 Å². The first-order valence-corrected chi connectivity index (χ1v) is 6.84. The molecule has 3 N–H and O–H groups in total. The lowest BCUT2D eigenvalue weighted by atomic mass is 10.4. The Labute approximate surface area is 120 Å². The minimum absolute atomic E-state index is 0.213. The third kappa shape index (κ3) is 3.70. The van der Waals surface area contributed by atoms with Crippen LogP contribution >= 0.6 is 11.8 Å². The number of hydrogen-bond acceptors (Lipinski definition) is 7. The number of carbonyl (C=O) groups is 1. The number of carbonyl (C=O) groups excluding carboxylic acids is 1. The van der Waals surface area contributed by atoms with Crippen LogP contribution in [0.1, 0.15) is 18.3 Å². The standard InChI is InChI=1S/C12H15N5O2S/c1-6-4-9(13)15-12(14-6)20-8(3)11(18)16-10-5-7(2)17-19-10/h4-5,8H,1-3H3,(H,16,18)(H2,13,14,15)/t8-/m0/s1. The molecule has 0 spiro atoms. The van der Waals surface area contributed by atoms with Gasteiger partial charge in [-0.2, -0.15) is 0 Å². The Kier molecular flexibility index (Phi) is 4.23. The molecule has 0 aliphatic rings. The Morgan fingerprint density at radius 2 is 2.10 bits per heavy atom. The lowest BCUT2D eigenvalue weighted by Crippen LogP contribution is -2.22. The van der Waals surface area contributed by atoms with Crippen molar-refractivity contribution in [2.75, 3.05) is 11.1 Å². The van der Waals surface area contributed by atoms with E-state index in [4.69, 9.17) is 10.3 Å². The van der Waals surface area contributed by atoms with Gasteiger partial charge in [0.1, 0.15) is 5.82 Å². The van der Waals surface area contributed by atoms with Crippen molar-refractivity contribution in [1.29, 1.82) is 0 Å². The molecule has 0 saturated carbocycles. The molecule has 2 aromatic heterocycles. The van der Waals surface area contributed by atoms with E-state index in [1.165, 1.54) is 11.8 Å². The Balaban J connectivity index is 2.00. The second-order valence-electron chi connectivity index (χ2n) is 4.30. The number of rotatable bonds is 4. The van der Waals surface area contributed by atoms with Crippen LogP contribution in [0.3, 0.4) is 0 Å². The van der Waals surface area contributed by atoms with Crippen LogP contribution in [0.15, 0.2) is 21.8 Å². The van der Waals surface area contributed by atoms with Crippen molar-refractivity contribution in [3.05, 3.63) is 23.5 Å². The van der Waals surface area contributed by atoms with Gasteiger partial charge in [-0.3, -0.25) is 10.1 Å². The molecule has 0 aliphatic heterocycles. The number of nitrogens with two attached hydrogens (primary N) is 1. The van der Waals surface area contributed by atoms with Crippen molar-refractivity contribution in [3.8, 4) is 0 Å². The van der Waals surface area contributed by atoms with E-state index in [-0.39, 0.29) is 11.2 Å². The van der Waals surface area contributed by atoms with Crippen LogP contribution in [0.4, 0.5) is 11.7 Å². The fourth-order valence-electron chi connectivity index (χ4n) is 1.47. The van der Waals surface area contributed by atoms with Crippen molar-refractivity contribution < 1.29 is 9.32 Å². The highest BCUT2D eigenvalue weighted by Crippen LogP contribution is 2.22. The SMILES string of the molecule is Cc1cc(NC(=O)[C@H](C)Sc2nc(C)cc(N)n2)on1. The zero-order valence-corrected chi connectivity index (χ0v) is 12.2. The molecule has 7 nitrogen and oxygen atoms in total. The van der Waals surface area contributed by atoms with Crippen LogP contribution in [0, 0.1) is 13.8 Å². The van der Waals surface area contributed by atoms with Crippen LogP contribution in [0.2, 0.25) is 0 Å². The van der Waals surface area contributed by atoms with Crippen molar-refractivity contribution in [1.82, 2.24) is 15.1 Å². The van der Waals surface area contributed by atoms with Crippen molar-refractivity contribution in [2.24, 2.45) is 0 Å². The number of anilines is 2. The molecular formula is C12H15N5O2S. The Hall–Kier alpha value is -2.09. The van der Waals surface area contributed by atoms with Gasteiger partial charge >= 0.3 is 0 Å². The maximum Gasteiger partial charge on any atom is 0.240 e. The molecule has 0 bridgehead atoms. The topological polar surface area (TPSA) is 107 Å². The molecule has 0 aliphatic carbocycles. The smallest absolute Gasteiger partial charge is 0.240 e. The first-order chi connectivity index (χ1) is 9.44. The second-order valence-corrected chi connectivity index (χ2v) is 5.61. The third-order valence-electron chi connectivity index (χ3n) is 2.38. The quantitative estimate of drug-likeness (QED) is 0.653. The van der Waals surface area contributed by atoms with Gasteiger partial charge in [-0.15, -0.1) is 0 Å². The molecular weight excluding hydrogens is 278 g/mol. The second kappa shape index (κ2) is 5.91. The minimum atomic E-state index is -0.387. The van der Waals surface area contributed by atoms with Crippen molar-refractivity contribution in [2.45, 2.75) is 31.2 Å². The fraction of sp³-hybridized carbons (Fsp3) is 0.333. The van der Waals surface area contributed by atoms with E-state index in [0.717, 1.165) is 5.69 Å². The number of amides is 1. The van der Waals surface area contributed by atoms with Crippen molar-refractivity contribution in [3.63, 3.8) is 0 Å². The predicted octanol–water partition coefficient (Wildman–Crippen LogP) is 1.78. The van der Waals surface area contributed by atoms with E-state index >= 15 is 0 Å². The van der Waals surface area contributed by atoms with E-state index in [9.17, 15) is 4.79 Å². The van der Waals surface area contributed by atoms with Gasteiger partial charge in [0.2, 0.25) is 11.8 Å². The summed E-state index contributed by atoms with van der Waals surface area (Å²) in [4.78, 5) is 20.3. The van der Waals surface area contributed by atoms with Crippen LogP contribution in [-0.2, 0) is 4.79 Å². The van der Waals surface area contributed by atoms with Gasteiger partial charge in [-0.1, -0.05) is 16.9 Å². The van der Waals surface area contributed by atoms with Crippen LogP contribution in [0.25, 0.3) is 0 Å². The summed E-state index contributed by atoms with van der Waals surface area (Å²) in [6.45, 7) is 5.36.